The van der Waals surface area contributed by atoms with Crippen molar-refractivity contribution in [1.29, 1.82) is 0 Å². The van der Waals surface area contributed by atoms with Crippen LogP contribution in [-0.4, -0.2) is 71.8 Å². The van der Waals surface area contributed by atoms with E-state index in [9.17, 15) is 10.2 Å². The number of para-hydroxylation sites is 2. The average molecular weight is 729 g/mol. The van der Waals surface area contributed by atoms with Gasteiger partial charge in [-0.2, -0.15) is 0 Å². The van der Waals surface area contributed by atoms with Crippen molar-refractivity contribution >= 4 is 33.2 Å². The second kappa shape index (κ2) is 19.8. The third-order valence-corrected chi connectivity index (χ3v) is 9.85. The maximum absolute atomic E-state index is 9.45. The molecule has 2 heterocycles. The molecule has 2 atom stereocenters. The lowest BCUT2D eigenvalue weighted by molar-refractivity contribution is 0.114. The van der Waals surface area contributed by atoms with Gasteiger partial charge in [0.15, 0.2) is 0 Å². The molecular formula is C46H56N4O4. The van der Waals surface area contributed by atoms with Gasteiger partial charge in [-0.25, -0.2) is 9.97 Å². The summed E-state index contributed by atoms with van der Waals surface area (Å²) < 4.78 is 12.0. The second-order valence-electron chi connectivity index (χ2n) is 13.1. The van der Waals surface area contributed by atoms with E-state index in [2.05, 4.69) is 98.2 Å². The Bertz CT molecular complexity index is 1890. The fraction of sp³-hybridized carbons (Fsp3) is 0.348. The Balaban J connectivity index is 0.000000208. The highest BCUT2D eigenvalue weighted by molar-refractivity contribution is 5.88. The van der Waals surface area contributed by atoms with Gasteiger partial charge >= 0.3 is 0 Å². The number of anilines is 2. The molecule has 2 unspecified atom stereocenters. The highest BCUT2D eigenvalue weighted by Gasteiger charge is 2.14. The molecule has 6 rings (SSSR count). The number of aliphatic hydroxyl groups excluding tert-OH is 2. The Kier molecular flexibility index (Phi) is 14.6. The number of rotatable bonds is 16. The molecule has 0 fully saturated rings. The minimum Gasteiger partial charge on any atom is -0.486 e. The summed E-state index contributed by atoms with van der Waals surface area (Å²) in [4.78, 5) is 14.4. The minimum absolute atomic E-state index is 0.000598. The van der Waals surface area contributed by atoms with Crippen molar-refractivity contribution < 1.29 is 19.7 Å². The number of pyridine rings is 2. The van der Waals surface area contributed by atoms with E-state index in [1.54, 1.807) is 0 Å². The first-order chi connectivity index (χ1) is 26.4. The van der Waals surface area contributed by atoms with Gasteiger partial charge < -0.3 is 29.5 Å². The summed E-state index contributed by atoms with van der Waals surface area (Å²) in [5.74, 6) is 1.44. The molecule has 2 N–H and O–H groups in total. The van der Waals surface area contributed by atoms with Gasteiger partial charge in [-0.3, -0.25) is 0 Å². The van der Waals surface area contributed by atoms with Gasteiger partial charge in [0.05, 0.1) is 24.6 Å². The molecule has 0 saturated carbocycles. The van der Waals surface area contributed by atoms with E-state index in [4.69, 9.17) is 19.4 Å². The summed E-state index contributed by atoms with van der Waals surface area (Å²) in [6, 6.07) is 37.1. The minimum atomic E-state index is -0.214. The number of hydrogen-bond donors (Lipinski definition) is 2. The van der Waals surface area contributed by atoms with E-state index in [1.807, 2.05) is 62.4 Å². The van der Waals surface area contributed by atoms with Crippen LogP contribution in [0.25, 0.3) is 44.3 Å². The smallest absolute Gasteiger partial charge is 0.146 e. The first-order valence-corrected chi connectivity index (χ1v) is 19.4. The molecule has 0 amide bonds. The molecule has 54 heavy (non-hydrogen) atoms. The average Bonchev–Trinajstić information content (AvgIpc) is 3.23. The highest BCUT2D eigenvalue weighted by atomic mass is 16.5. The number of fused-ring (bicyclic) bond motifs is 2. The van der Waals surface area contributed by atoms with E-state index in [-0.39, 0.29) is 25.4 Å². The van der Waals surface area contributed by atoms with E-state index in [0.717, 1.165) is 94.8 Å². The van der Waals surface area contributed by atoms with E-state index in [1.165, 1.54) is 11.4 Å². The number of nitrogens with zero attached hydrogens (tertiary/aromatic N) is 4. The molecule has 0 bridgehead atoms. The van der Waals surface area contributed by atoms with Gasteiger partial charge in [0.1, 0.15) is 34.7 Å². The van der Waals surface area contributed by atoms with Crippen LogP contribution >= 0.6 is 0 Å². The Morgan fingerprint density at radius 3 is 1.17 bits per heavy atom. The molecule has 8 nitrogen and oxygen atoms in total. The zero-order valence-electron chi connectivity index (χ0n) is 32.7. The van der Waals surface area contributed by atoms with Crippen molar-refractivity contribution in [2.24, 2.45) is 0 Å². The summed E-state index contributed by atoms with van der Waals surface area (Å²) in [6.07, 6.45) is 1.07. The van der Waals surface area contributed by atoms with Crippen LogP contribution in [0.2, 0.25) is 0 Å². The van der Waals surface area contributed by atoms with Crippen molar-refractivity contribution in [1.82, 2.24) is 9.97 Å². The third-order valence-electron chi connectivity index (χ3n) is 9.85. The molecular weight excluding hydrogens is 673 g/mol. The zero-order valence-corrected chi connectivity index (χ0v) is 32.7. The first-order valence-electron chi connectivity index (χ1n) is 19.4. The van der Waals surface area contributed by atoms with E-state index < -0.39 is 0 Å². The second-order valence-corrected chi connectivity index (χ2v) is 13.1. The topological polar surface area (TPSA) is 91.2 Å². The lowest BCUT2D eigenvalue weighted by atomic mass is 10.1. The van der Waals surface area contributed by atoms with Gasteiger partial charge in [-0.05, 0) is 89.1 Å². The van der Waals surface area contributed by atoms with Crippen LogP contribution in [0.5, 0.6) is 11.5 Å². The Labute approximate surface area is 321 Å². The van der Waals surface area contributed by atoms with E-state index in [0.29, 0.717) is 0 Å². The number of aromatic nitrogens is 2. The van der Waals surface area contributed by atoms with Crippen LogP contribution in [0.15, 0.2) is 109 Å². The summed E-state index contributed by atoms with van der Waals surface area (Å²) in [6.45, 7) is 16.6. The third kappa shape index (κ3) is 9.67. The van der Waals surface area contributed by atoms with Crippen molar-refractivity contribution in [3.63, 3.8) is 0 Å². The largest absolute Gasteiger partial charge is 0.486 e. The Morgan fingerprint density at radius 2 is 0.852 bits per heavy atom. The number of aliphatic hydroxyl groups is 2. The molecule has 284 valence electrons. The van der Waals surface area contributed by atoms with Gasteiger partial charge in [0.25, 0.3) is 0 Å². The number of ether oxygens (including phenoxy) is 2. The molecule has 0 aliphatic heterocycles. The van der Waals surface area contributed by atoms with Crippen LogP contribution < -0.4 is 19.3 Å². The molecule has 0 saturated heterocycles. The van der Waals surface area contributed by atoms with Crippen LogP contribution in [0.3, 0.4) is 0 Å². The molecule has 8 heteroatoms. The fourth-order valence-corrected chi connectivity index (χ4v) is 6.47. The van der Waals surface area contributed by atoms with Gasteiger partial charge in [0.2, 0.25) is 0 Å². The highest BCUT2D eigenvalue weighted by Crippen LogP contribution is 2.31. The fourth-order valence-electron chi connectivity index (χ4n) is 6.47. The molecule has 0 radical (unpaired) electrons. The van der Waals surface area contributed by atoms with Crippen LogP contribution in [0.1, 0.15) is 54.4 Å². The Hall–Kier alpha value is -5.18. The monoisotopic (exact) mass is 728 g/mol. The van der Waals surface area contributed by atoms with Crippen LogP contribution in [0, 0.1) is 0 Å². The normalized spacial score (nSPS) is 12.1. The molecule has 0 spiro atoms. The quantitative estimate of drug-likeness (QED) is 0.102. The maximum Gasteiger partial charge on any atom is 0.146 e. The molecule has 0 aliphatic carbocycles. The van der Waals surface area contributed by atoms with Crippen molar-refractivity contribution in [2.75, 3.05) is 49.2 Å². The van der Waals surface area contributed by atoms with E-state index >= 15 is 0 Å². The molecule has 6 aromatic rings. The lowest BCUT2D eigenvalue weighted by Gasteiger charge is -2.21. The zero-order chi connectivity index (χ0) is 38.5. The van der Waals surface area contributed by atoms with Crippen molar-refractivity contribution in [3.8, 4) is 34.0 Å². The predicted molar refractivity (Wildman–Crippen MR) is 225 cm³/mol. The van der Waals surface area contributed by atoms with Crippen LogP contribution in [-0.2, 0) is 0 Å². The first kappa shape index (κ1) is 40.0. The summed E-state index contributed by atoms with van der Waals surface area (Å²) in [7, 11) is 0. The Morgan fingerprint density at radius 1 is 0.481 bits per heavy atom. The summed E-state index contributed by atoms with van der Waals surface area (Å²) in [5.41, 5.74) is 8.10. The molecule has 2 aromatic heterocycles. The standard InChI is InChI=1S/2C23H28N2O2/c2*1-4-20(16-26)27-22-9-7-8-18-12-15-21(24-23(18)22)17-10-13-19(14-11-17)25(5-2)6-3/h2*7-15,20,26H,4-6,16H2,1-3H3. The predicted octanol–water partition coefficient (Wildman–Crippen LogP) is 9.80. The molecule has 0 aliphatic rings. The lowest BCUT2D eigenvalue weighted by Crippen LogP contribution is -2.21. The molecule has 4 aromatic carbocycles. The maximum atomic E-state index is 9.45. The van der Waals surface area contributed by atoms with Gasteiger partial charge in [-0.1, -0.05) is 74.5 Å². The SMILES string of the molecule is CCC(CO)Oc1cccc2ccc(-c3ccc(N(CC)CC)cc3)nc12.CCC(CO)Oc1cccc2ccc(-c3ccc(N(CC)CC)cc3)nc12. The summed E-state index contributed by atoms with van der Waals surface area (Å²) >= 11 is 0. The van der Waals surface area contributed by atoms with Crippen LogP contribution in [0.4, 0.5) is 11.4 Å². The van der Waals surface area contributed by atoms with Gasteiger partial charge in [-0.15, -0.1) is 0 Å². The van der Waals surface area contributed by atoms with Crippen molar-refractivity contribution in [2.45, 2.75) is 66.6 Å². The number of benzene rings is 4. The van der Waals surface area contributed by atoms with Gasteiger partial charge in [0, 0.05) is 59.5 Å². The van der Waals surface area contributed by atoms with Crippen molar-refractivity contribution in [3.05, 3.63) is 109 Å². The summed E-state index contributed by atoms with van der Waals surface area (Å²) in [5, 5.41) is 21.0. The number of hydrogen-bond acceptors (Lipinski definition) is 8.